The molecule has 0 spiro atoms. The second-order valence-electron chi connectivity index (χ2n) is 16.9. The summed E-state index contributed by atoms with van der Waals surface area (Å²) in [6.45, 7) is 4.22. The van der Waals surface area contributed by atoms with E-state index in [1.807, 2.05) is 33.3 Å². The van der Waals surface area contributed by atoms with Crippen LogP contribution in [0.25, 0.3) is 0 Å². The lowest BCUT2D eigenvalue weighted by Crippen LogP contribution is -2.37. The second kappa shape index (κ2) is 41.8. The van der Waals surface area contributed by atoms with Gasteiger partial charge in [0.15, 0.2) is 6.10 Å². The zero-order valence-corrected chi connectivity index (χ0v) is 39.8. The number of quaternary nitrogens is 1. The molecule has 9 nitrogen and oxygen atoms in total. The predicted octanol–water partition coefficient (Wildman–Crippen LogP) is 13.8. The van der Waals surface area contributed by atoms with Crippen molar-refractivity contribution in [2.75, 3.05) is 47.5 Å². The number of hydrogen-bond acceptors (Lipinski definition) is 7. The summed E-state index contributed by atoms with van der Waals surface area (Å²) < 4.78 is 34.1. The molecule has 0 aliphatic carbocycles. The van der Waals surface area contributed by atoms with Crippen LogP contribution in [0.5, 0.6) is 0 Å². The fourth-order valence-corrected chi connectivity index (χ4v) is 6.83. The summed E-state index contributed by atoms with van der Waals surface area (Å²) in [6.07, 6.45) is 53.2. The number of esters is 2. The van der Waals surface area contributed by atoms with Gasteiger partial charge in [-0.1, -0.05) is 183 Å². The van der Waals surface area contributed by atoms with E-state index in [9.17, 15) is 19.0 Å². The van der Waals surface area contributed by atoms with Gasteiger partial charge in [0.1, 0.15) is 19.8 Å². The van der Waals surface area contributed by atoms with Gasteiger partial charge < -0.3 is 18.9 Å². The monoisotopic (exact) mass is 863 g/mol. The highest BCUT2D eigenvalue weighted by Gasteiger charge is 2.26. The first kappa shape index (κ1) is 57.4. The van der Waals surface area contributed by atoms with Gasteiger partial charge in [0.05, 0.1) is 27.7 Å². The highest BCUT2D eigenvalue weighted by atomic mass is 31.2. The van der Waals surface area contributed by atoms with E-state index >= 15 is 0 Å². The molecule has 0 radical (unpaired) electrons. The standard InChI is InChI=1S/C50H88NO8P/c1-6-8-10-12-14-16-18-20-22-23-24-25-26-27-29-30-32-34-36-38-40-42-49(52)56-46-48(47-58-60(54,55)57-45-44-51(3,4)5)59-50(53)43-41-39-37-35-33-31-28-21-19-17-15-13-11-9-7-2/h22-23,25-26,29-30,34,36-37,39,41,43,48H,6-21,24,27-28,31-33,35,38,40,42,44-47H2,1-5H3/p+1/b23-22+,26-25+,30-29+,36-34+,39-37+,43-41+/t48-/m0/s1. The van der Waals surface area contributed by atoms with Crippen LogP contribution >= 0.6 is 7.82 Å². The van der Waals surface area contributed by atoms with Crippen LogP contribution in [-0.2, 0) is 32.7 Å². The fourth-order valence-electron chi connectivity index (χ4n) is 6.09. The highest BCUT2D eigenvalue weighted by Crippen LogP contribution is 2.43. The SMILES string of the molecule is CCCCCCCCC/C=C/C/C=C/C/C=C/C/C=C/CCCC(=O)OC[C@@H](COP(=O)(O)OCC[N+](C)(C)C)OC(=O)/C=C/C=C/CCCCCCCCCCCCC. The average Bonchev–Trinajstić information content (AvgIpc) is 3.20. The molecule has 0 aliphatic rings. The Hall–Kier alpha value is -2.55. The molecule has 10 heteroatoms. The summed E-state index contributed by atoms with van der Waals surface area (Å²) in [7, 11) is 1.39. The number of ether oxygens (including phenoxy) is 2. The molecule has 0 rings (SSSR count). The van der Waals surface area contributed by atoms with Crippen LogP contribution in [0.4, 0.5) is 0 Å². The van der Waals surface area contributed by atoms with Crippen LogP contribution in [0, 0.1) is 0 Å². The van der Waals surface area contributed by atoms with Crippen molar-refractivity contribution in [3.8, 4) is 0 Å². The topological polar surface area (TPSA) is 108 Å². The maximum atomic E-state index is 12.6. The molecule has 0 saturated carbocycles. The van der Waals surface area contributed by atoms with Crippen molar-refractivity contribution in [1.29, 1.82) is 0 Å². The number of likely N-dealkylation sites (N-methyl/N-ethyl adjacent to an activating group) is 1. The van der Waals surface area contributed by atoms with Gasteiger partial charge in [-0.05, 0) is 57.8 Å². The molecule has 2 atom stereocenters. The number of carbonyl (C=O) groups is 2. The lowest BCUT2D eigenvalue weighted by Gasteiger charge is -2.24. The van der Waals surface area contributed by atoms with E-state index in [-0.39, 0.29) is 19.6 Å². The van der Waals surface area contributed by atoms with Gasteiger partial charge >= 0.3 is 19.8 Å². The molecule has 0 saturated heterocycles. The number of phosphoric ester groups is 1. The Labute approximate surface area is 368 Å². The van der Waals surface area contributed by atoms with Crippen LogP contribution < -0.4 is 0 Å². The average molecular weight is 863 g/mol. The third kappa shape index (κ3) is 45.0. The highest BCUT2D eigenvalue weighted by molar-refractivity contribution is 7.47. The Morgan fingerprint density at radius 1 is 0.567 bits per heavy atom. The van der Waals surface area contributed by atoms with Gasteiger partial charge in [-0.3, -0.25) is 13.8 Å². The number of carbonyl (C=O) groups excluding carboxylic acids is 2. The van der Waals surface area contributed by atoms with Crippen LogP contribution in [0.15, 0.2) is 72.9 Å². The number of unbranched alkanes of at least 4 members (excludes halogenated alkanes) is 19. The third-order valence-corrected chi connectivity index (χ3v) is 10.8. The first-order chi connectivity index (χ1) is 29.0. The fraction of sp³-hybridized carbons (Fsp3) is 0.720. The molecule has 0 bridgehead atoms. The minimum atomic E-state index is -4.42. The van der Waals surface area contributed by atoms with Crippen LogP contribution in [-0.4, -0.2) is 74.9 Å². The molecule has 0 heterocycles. The molecule has 1 unspecified atom stereocenters. The summed E-state index contributed by atoms with van der Waals surface area (Å²) in [4.78, 5) is 35.3. The van der Waals surface area contributed by atoms with Crippen molar-refractivity contribution in [3.63, 3.8) is 0 Å². The quantitative estimate of drug-likeness (QED) is 0.0123. The molecule has 60 heavy (non-hydrogen) atoms. The Morgan fingerprint density at radius 2 is 1.02 bits per heavy atom. The molecule has 1 N–H and O–H groups in total. The minimum absolute atomic E-state index is 0.00454. The van der Waals surface area contributed by atoms with Crippen LogP contribution in [0.3, 0.4) is 0 Å². The van der Waals surface area contributed by atoms with Crippen molar-refractivity contribution < 1.29 is 42.1 Å². The minimum Gasteiger partial charge on any atom is -0.462 e. The number of allylic oxidation sites excluding steroid dienone is 11. The van der Waals surface area contributed by atoms with Gasteiger partial charge in [0.25, 0.3) is 0 Å². The van der Waals surface area contributed by atoms with Gasteiger partial charge in [0, 0.05) is 12.5 Å². The largest absolute Gasteiger partial charge is 0.472 e. The summed E-state index contributed by atoms with van der Waals surface area (Å²) in [5, 5.41) is 0. The molecule has 0 aromatic carbocycles. The summed E-state index contributed by atoms with van der Waals surface area (Å²) in [6, 6.07) is 0. The van der Waals surface area contributed by atoms with Gasteiger partial charge in [-0.15, -0.1) is 0 Å². The summed E-state index contributed by atoms with van der Waals surface area (Å²) in [5.41, 5.74) is 0. The lowest BCUT2D eigenvalue weighted by molar-refractivity contribution is -0.870. The molecule has 0 aliphatic heterocycles. The van der Waals surface area contributed by atoms with Crippen LogP contribution in [0.1, 0.15) is 181 Å². The molecule has 0 aromatic rings. The normalized spacial score (nSPS) is 14.2. The lowest BCUT2D eigenvalue weighted by atomic mass is 10.1. The van der Waals surface area contributed by atoms with E-state index in [4.69, 9.17) is 18.5 Å². The predicted molar refractivity (Wildman–Crippen MR) is 252 cm³/mol. The van der Waals surface area contributed by atoms with E-state index in [1.165, 1.54) is 122 Å². The molecule has 0 aromatic heterocycles. The Morgan fingerprint density at radius 3 is 1.52 bits per heavy atom. The molecular weight excluding hydrogens is 774 g/mol. The summed E-state index contributed by atoms with van der Waals surface area (Å²) in [5.74, 6) is -1.12. The third-order valence-electron chi connectivity index (χ3n) is 9.82. The maximum Gasteiger partial charge on any atom is 0.472 e. The van der Waals surface area contributed by atoms with Gasteiger partial charge in [-0.25, -0.2) is 9.36 Å². The van der Waals surface area contributed by atoms with Crippen LogP contribution in [0.2, 0.25) is 0 Å². The van der Waals surface area contributed by atoms with Crippen molar-refractivity contribution >= 4 is 19.8 Å². The van der Waals surface area contributed by atoms with E-state index < -0.39 is 32.5 Å². The van der Waals surface area contributed by atoms with Crippen molar-refractivity contribution in [3.05, 3.63) is 72.9 Å². The molecule has 0 fully saturated rings. The van der Waals surface area contributed by atoms with E-state index in [2.05, 4.69) is 62.5 Å². The summed E-state index contributed by atoms with van der Waals surface area (Å²) >= 11 is 0. The zero-order valence-electron chi connectivity index (χ0n) is 38.9. The Bertz CT molecular complexity index is 1250. The number of rotatable bonds is 42. The van der Waals surface area contributed by atoms with E-state index in [0.717, 1.165) is 38.5 Å². The zero-order chi connectivity index (χ0) is 44.3. The van der Waals surface area contributed by atoms with Crippen molar-refractivity contribution in [2.45, 2.75) is 187 Å². The molecule has 346 valence electrons. The Balaban J connectivity index is 4.50. The van der Waals surface area contributed by atoms with Gasteiger partial charge in [-0.2, -0.15) is 0 Å². The number of phosphoric acid groups is 1. The van der Waals surface area contributed by atoms with E-state index in [1.54, 1.807) is 6.08 Å². The maximum absolute atomic E-state index is 12.6. The first-order valence-electron chi connectivity index (χ1n) is 23.7. The van der Waals surface area contributed by atoms with Crippen molar-refractivity contribution in [1.82, 2.24) is 0 Å². The molecule has 0 amide bonds. The van der Waals surface area contributed by atoms with Gasteiger partial charge in [0.2, 0.25) is 0 Å². The second-order valence-corrected chi connectivity index (χ2v) is 18.3. The number of nitrogens with zero attached hydrogens (tertiary/aromatic N) is 1. The Kier molecular flexibility index (Phi) is 40.0. The van der Waals surface area contributed by atoms with Crippen molar-refractivity contribution in [2.24, 2.45) is 0 Å². The first-order valence-corrected chi connectivity index (χ1v) is 25.2. The number of hydrogen-bond donors (Lipinski definition) is 1. The smallest absolute Gasteiger partial charge is 0.462 e. The molecular formula is C50H89NO8P+. The van der Waals surface area contributed by atoms with E-state index in [0.29, 0.717) is 17.4 Å².